The second kappa shape index (κ2) is 2.16. The summed E-state index contributed by atoms with van der Waals surface area (Å²) >= 11 is 0. The molecular weight excluding hydrogens is 140 g/mol. The van der Waals surface area contributed by atoms with Gasteiger partial charge in [-0.25, -0.2) is 0 Å². The maximum Gasteiger partial charge on any atom is 0.231 e. The first-order chi connectivity index (χ1) is 5.29. The first-order valence-corrected chi connectivity index (χ1v) is 3.65. The van der Waals surface area contributed by atoms with Crippen LogP contribution < -0.4 is 9.47 Å². The Labute approximate surface area is 65.7 Å². The molecule has 0 spiro atoms. The first kappa shape index (κ1) is 6.53. The fourth-order valence-corrected chi connectivity index (χ4v) is 1.21. The molecule has 0 aromatic heterocycles. The molecule has 11 heavy (non-hydrogen) atoms. The van der Waals surface area contributed by atoms with Crippen molar-refractivity contribution in [1.29, 1.82) is 0 Å². The largest absolute Gasteiger partial charge is 0.454 e. The van der Waals surface area contributed by atoms with Gasteiger partial charge in [-0.2, -0.15) is 0 Å². The quantitative estimate of drug-likeness (QED) is 0.563. The van der Waals surface area contributed by atoms with Gasteiger partial charge >= 0.3 is 0 Å². The lowest BCUT2D eigenvalue weighted by Gasteiger charge is -2.02. The van der Waals surface area contributed by atoms with Gasteiger partial charge in [-0.3, -0.25) is 0 Å². The second-order valence-corrected chi connectivity index (χ2v) is 2.74. The van der Waals surface area contributed by atoms with Crippen LogP contribution in [0.3, 0.4) is 0 Å². The molecule has 0 amide bonds. The zero-order valence-corrected chi connectivity index (χ0v) is 6.68. The highest BCUT2D eigenvalue weighted by Crippen LogP contribution is 2.36. The van der Waals surface area contributed by atoms with Crippen molar-refractivity contribution in [2.75, 3.05) is 6.79 Å². The smallest absolute Gasteiger partial charge is 0.231 e. The molecule has 0 saturated heterocycles. The van der Waals surface area contributed by atoms with Gasteiger partial charge in [0.05, 0.1) is 0 Å². The molecule has 1 aromatic carbocycles. The van der Waals surface area contributed by atoms with Crippen LogP contribution in [0.2, 0.25) is 0 Å². The highest BCUT2D eigenvalue weighted by atomic mass is 16.7. The van der Waals surface area contributed by atoms with E-state index in [2.05, 4.69) is 6.92 Å². The Morgan fingerprint density at radius 2 is 2.00 bits per heavy atom. The van der Waals surface area contributed by atoms with Crippen molar-refractivity contribution in [3.63, 3.8) is 0 Å². The maximum atomic E-state index is 5.29. The van der Waals surface area contributed by atoms with E-state index in [1.54, 1.807) is 0 Å². The SMILES string of the molecule is Cc1ccc2c(c1C)OCO2. The number of rotatable bonds is 0. The van der Waals surface area contributed by atoms with Crippen LogP contribution in [0.25, 0.3) is 0 Å². The van der Waals surface area contributed by atoms with Gasteiger partial charge < -0.3 is 9.47 Å². The van der Waals surface area contributed by atoms with Crippen LogP contribution in [0.4, 0.5) is 0 Å². The van der Waals surface area contributed by atoms with E-state index in [-0.39, 0.29) is 0 Å². The third-order valence-electron chi connectivity index (χ3n) is 2.06. The minimum atomic E-state index is 0.361. The van der Waals surface area contributed by atoms with Crippen molar-refractivity contribution < 1.29 is 9.47 Å². The summed E-state index contributed by atoms with van der Waals surface area (Å²) < 4.78 is 10.5. The van der Waals surface area contributed by atoms with Crippen molar-refractivity contribution in [3.8, 4) is 11.5 Å². The van der Waals surface area contributed by atoms with E-state index >= 15 is 0 Å². The maximum absolute atomic E-state index is 5.29. The number of benzene rings is 1. The second-order valence-electron chi connectivity index (χ2n) is 2.74. The van der Waals surface area contributed by atoms with Crippen molar-refractivity contribution in [2.24, 2.45) is 0 Å². The normalized spacial score (nSPS) is 13.6. The molecule has 0 aliphatic carbocycles. The van der Waals surface area contributed by atoms with Crippen LogP contribution >= 0.6 is 0 Å². The van der Waals surface area contributed by atoms with Crippen molar-refractivity contribution in [2.45, 2.75) is 13.8 Å². The molecule has 1 heterocycles. The predicted octanol–water partition coefficient (Wildman–Crippen LogP) is 2.03. The molecule has 2 rings (SSSR count). The molecule has 1 aliphatic rings. The van der Waals surface area contributed by atoms with Gasteiger partial charge in [0.25, 0.3) is 0 Å². The fraction of sp³-hybridized carbons (Fsp3) is 0.333. The number of ether oxygens (including phenoxy) is 2. The summed E-state index contributed by atoms with van der Waals surface area (Å²) in [5.74, 6) is 1.78. The Balaban J connectivity index is 2.62. The average Bonchev–Trinajstić information content (AvgIpc) is 2.45. The average molecular weight is 150 g/mol. The lowest BCUT2D eigenvalue weighted by Crippen LogP contribution is -1.93. The molecule has 58 valence electrons. The highest BCUT2D eigenvalue weighted by Gasteiger charge is 2.15. The summed E-state index contributed by atoms with van der Waals surface area (Å²) in [4.78, 5) is 0. The Bertz CT molecular complexity index is 292. The first-order valence-electron chi connectivity index (χ1n) is 3.65. The molecule has 0 radical (unpaired) electrons. The van der Waals surface area contributed by atoms with Crippen LogP contribution in [0.15, 0.2) is 12.1 Å². The zero-order valence-electron chi connectivity index (χ0n) is 6.68. The number of hydrogen-bond acceptors (Lipinski definition) is 2. The van der Waals surface area contributed by atoms with Gasteiger partial charge in [0, 0.05) is 0 Å². The molecule has 0 atom stereocenters. The predicted molar refractivity (Wildman–Crippen MR) is 42.0 cm³/mol. The summed E-state index contributed by atoms with van der Waals surface area (Å²) in [5, 5.41) is 0. The topological polar surface area (TPSA) is 18.5 Å². The van der Waals surface area contributed by atoms with Gasteiger partial charge in [0.1, 0.15) is 0 Å². The standard InChI is InChI=1S/C9H10O2/c1-6-3-4-8-9(7(6)2)11-5-10-8/h3-4H,5H2,1-2H3. The number of aryl methyl sites for hydroxylation is 1. The van der Waals surface area contributed by atoms with Crippen molar-refractivity contribution in [3.05, 3.63) is 23.3 Å². The fourth-order valence-electron chi connectivity index (χ4n) is 1.21. The highest BCUT2D eigenvalue weighted by molar-refractivity contribution is 5.50. The van der Waals surface area contributed by atoms with Crippen molar-refractivity contribution in [1.82, 2.24) is 0 Å². The third kappa shape index (κ3) is 0.862. The molecule has 1 aliphatic heterocycles. The third-order valence-corrected chi connectivity index (χ3v) is 2.06. The minimum absolute atomic E-state index is 0.361. The minimum Gasteiger partial charge on any atom is -0.454 e. The van der Waals surface area contributed by atoms with Gasteiger partial charge in [0.15, 0.2) is 11.5 Å². The van der Waals surface area contributed by atoms with Crippen molar-refractivity contribution >= 4 is 0 Å². The van der Waals surface area contributed by atoms with Crippen LogP contribution in [0, 0.1) is 13.8 Å². The molecule has 0 saturated carbocycles. The summed E-state index contributed by atoms with van der Waals surface area (Å²) in [7, 11) is 0. The van der Waals surface area contributed by atoms with E-state index in [4.69, 9.17) is 9.47 Å². The molecule has 2 nitrogen and oxygen atoms in total. The summed E-state index contributed by atoms with van der Waals surface area (Å²) in [5.41, 5.74) is 2.43. The van der Waals surface area contributed by atoms with E-state index in [1.165, 1.54) is 11.1 Å². The zero-order chi connectivity index (χ0) is 7.84. The number of hydrogen-bond donors (Lipinski definition) is 0. The van der Waals surface area contributed by atoms with E-state index in [0.717, 1.165) is 11.5 Å². The Hall–Kier alpha value is -1.18. The van der Waals surface area contributed by atoms with Gasteiger partial charge in [-0.1, -0.05) is 6.07 Å². The van der Waals surface area contributed by atoms with E-state index in [0.29, 0.717) is 6.79 Å². The van der Waals surface area contributed by atoms with Crippen LogP contribution in [-0.4, -0.2) is 6.79 Å². The van der Waals surface area contributed by atoms with E-state index < -0.39 is 0 Å². The Morgan fingerprint density at radius 3 is 2.82 bits per heavy atom. The van der Waals surface area contributed by atoms with Gasteiger partial charge in [0.2, 0.25) is 6.79 Å². The lowest BCUT2D eigenvalue weighted by molar-refractivity contribution is 0.173. The monoisotopic (exact) mass is 150 g/mol. The molecule has 0 bridgehead atoms. The summed E-state index contributed by atoms with van der Waals surface area (Å²) in [6, 6.07) is 3.99. The van der Waals surface area contributed by atoms with Crippen LogP contribution in [0.5, 0.6) is 11.5 Å². The lowest BCUT2D eigenvalue weighted by atomic mass is 10.1. The Morgan fingerprint density at radius 1 is 1.18 bits per heavy atom. The molecule has 2 heteroatoms. The van der Waals surface area contributed by atoms with Gasteiger partial charge in [-0.15, -0.1) is 0 Å². The molecule has 1 aromatic rings. The van der Waals surface area contributed by atoms with E-state index in [9.17, 15) is 0 Å². The summed E-state index contributed by atoms with van der Waals surface area (Å²) in [6.45, 7) is 4.47. The molecule has 0 fully saturated rings. The molecule has 0 unspecified atom stereocenters. The summed E-state index contributed by atoms with van der Waals surface area (Å²) in [6.07, 6.45) is 0. The Kier molecular flexibility index (Phi) is 1.28. The van der Waals surface area contributed by atoms with Crippen LogP contribution in [0.1, 0.15) is 11.1 Å². The number of fused-ring (bicyclic) bond motifs is 1. The van der Waals surface area contributed by atoms with Gasteiger partial charge in [-0.05, 0) is 31.0 Å². The van der Waals surface area contributed by atoms with E-state index in [1.807, 2.05) is 19.1 Å². The molecule has 0 N–H and O–H groups in total. The molecular formula is C9H10O2. The van der Waals surface area contributed by atoms with Crippen LogP contribution in [-0.2, 0) is 0 Å².